The molecule has 0 unspecified atom stereocenters. The van der Waals surface area contributed by atoms with Gasteiger partial charge in [0.15, 0.2) is 0 Å². The van der Waals surface area contributed by atoms with E-state index in [2.05, 4.69) is 29.3 Å². The van der Waals surface area contributed by atoms with E-state index < -0.39 is 0 Å². The number of carbonyl (C=O) groups excluding carboxylic acids is 1. The molecular weight excluding hydrogens is 214 g/mol. The van der Waals surface area contributed by atoms with E-state index in [0.29, 0.717) is 13.1 Å². The minimum atomic E-state index is 0.0898. The standard InChI is InChI=1S/C13H19N3O/c1-10-3-4-11(8-14)12(7-10)16-6-2-5-15-13(17)9-16/h3-4,7H,2,5-6,8-9,14H2,1H3,(H,15,17). The summed E-state index contributed by atoms with van der Waals surface area (Å²) in [6.07, 6.45) is 0.976. The number of nitrogens with zero attached hydrogens (tertiary/aromatic N) is 1. The minimum Gasteiger partial charge on any atom is -0.362 e. The van der Waals surface area contributed by atoms with Crippen LogP contribution in [0.5, 0.6) is 0 Å². The molecule has 1 amide bonds. The third kappa shape index (κ3) is 2.77. The van der Waals surface area contributed by atoms with Crippen LogP contribution in [0.2, 0.25) is 0 Å². The number of carbonyl (C=O) groups is 1. The molecule has 1 heterocycles. The van der Waals surface area contributed by atoms with Crippen LogP contribution in [0.4, 0.5) is 5.69 Å². The number of anilines is 1. The van der Waals surface area contributed by atoms with Gasteiger partial charge in [-0.2, -0.15) is 0 Å². The van der Waals surface area contributed by atoms with E-state index in [-0.39, 0.29) is 5.91 Å². The number of hydrogen-bond donors (Lipinski definition) is 2. The van der Waals surface area contributed by atoms with E-state index in [1.54, 1.807) is 0 Å². The largest absolute Gasteiger partial charge is 0.362 e. The summed E-state index contributed by atoms with van der Waals surface area (Å²) in [4.78, 5) is 13.7. The molecule has 0 aliphatic carbocycles. The van der Waals surface area contributed by atoms with Crippen molar-refractivity contribution in [2.45, 2.75) is 19.9 Å². The molecule has 4 nitrogen and oxygen atoms in total. The molecule has 2 rings (SSSR count). The minimum absolute atomic E-state index is 0.0898. The number of benzene rings is 1. The molecule has 0 atom stereocenters. The molecule has 1 saturated heterocycles. The van der Waals surface area contributed by atoms with Gasteiger partial charge in [-0.3, -0.25) is 4.79 Å². The number of hydrogen-bond acceptors (Lipinski definition) is 3. The summed E-state index contributed by atoms with van der Waals surface area (Å²) < 4.78 is 0. The molecule has 0 saturated carbocycles. The molecule has 3 N–H and O–H groups in total. The highest BCUT2D eigenvalue weighted by molar-refractivity contribution is 5.82. The van der Waals surface area contributed by atoms with Crippen molar-refractivity contribution < 1.29 is 4.79 Å². The van der Waals surface area contributed by atoms with Gasteiger partial charge < -0.3 is 16.0 Å². The van der Waals surface area contributed by atoms with E-state index in [1.165, 1.54) is 5.56 Å². The second-order valence-electron chi connectivity index (χ2n) is 4.46. The second kappa shape index (κ2) is 5.19. The second-order valence-corrected chi connectivity index (χ2v) is 4.46. The fourth-order valence-electron chi connectivity index (χ4n) is 2.15. The average Bonchev–Trinajstić information content (AvgIpc) is 2.54. The predicted octanol–water partition coefficient (Wildman–Crippen LogP) is 0.780. The Morgan fingerprint density at radius 2 is 2.29 bits per heavy atom. The van der Waals surface area contributed by atoms with E-state index in [1.807, 2.05) is 6.07 Å². The van der Waals surface area contributed by atoms with Crippen LogP contribution in [0.25, 0.3) is 0 Å². The van der Waals surface area contributed by atoms with Crippen molar-refractivity contribution in [3.05, 3.63) is 29.3 Å². The topological polar surface area (TPSA) is 58.4 Å². The van der Waals surface area contributed by atoms with Crippen LogP contribution in [0.1, 0.15) is 17.5 Å². The van der Waals surface area contributed by atoms with Crippen LogP contribution in [0.3, 0.4) is 0 Å². The van der Waals surface area contributed by atoms with Gasteiger partial charge >= 0.3 is 0 Å². The summed E-state index contributed by atoms with van der Waals surface area (Å²) in [5, 5.41) is 2.88. The van der Waals surface area contributed by atoms with Crippen LogP contribution < -0.4 is 16.0 Å². The lowest BCUT2D eigenvalue weighted by Gasteiger charge is -2.24. The van der Waals surface area contributed by atoms with Crippen molar-refractivity contribution >= 4 is 11.6 Å². The molecule has 0 radical (unpaired) electrons. The van der Waals surface area contributed by atoms with Crippen molar-refractivity contribution in [1.82, 2.24) is 5.32 Å². The zero-order valence-corrected chi connectivity index (χ0v) is 10.2. The molecule has 1 aliphatic heterocycles. The molecule has 1 aliphatic rings. The van der Waals surface area contributed by atoms with E-state index in [9.17, 15) is 4.79 Å². The number of nitrogens with two attached hydrogens (primary N) is 1. The number of nitrogens with one attached hydrogen (secondary N) is 1. The highest BCUT2D eigenvalue weighted by atomic mass is 16.2. The predicted molar refractivity (Wildman–Crippen MR) is 68.9 cm³/mol. The molecular formula is C13H19N3O. The molecule has 92 valence electrons. The lowest BCUT2D eigenvalue weighted by atomic mass is 10.1. The summed E-state index contributed by atoms with van der Waals surface area (Å²) >= 11 is 0. The lowest BCUT2D eigenvalue weighted by molar-refractivity contribution is -0.119. The van der Waals surface area contributed by atoms with Crippen LogP contribution in [0, 0.1) is 6.92 Å². The molecule has 0 aromatic heterocycles. The molecule has 4 heteroatoms. The first-order chi connectivity index (χ1) is 8.20. The van der Waals surface area contributed by atoms with Crippen LogP contribution >= 0.6 is 0 Å². The van der Waals surface area contributed by atoms with Gasteiger partial charge in [0.2, 0.25) is 5.91 Å². The zero-order chi connectivity index (χ0) is 12.3. The SMILES string of the molecule is Cc1ccc(CN)c(N2CCCNC(=O)C2)c1. The maximum absolute atomic E-state index is 11.6. The summed E-state index contributed by atoms with van der Waals surface area (Å²) in [5.41, 5.74) is 9.15. The zero-order valence-electron chi connectivity index (χ0n) is 10.2. The average molecular weight is 233 g/mol. The Bertz CT molecular complexity index is 417. The summed E-state index contributed by atoms with van der Waals surface area (Å²) in [5.74, 6) is 0.0898. The highest BCUT2D eigenvalue weighted by Crippen LogP contribution is 2.22. The van der Waals surface area contributed by atoms with Gasteiger partial charge in [-0.05, 0) is 30.5 Å². The van der Waals surface area contributed by atoms with Crippen LogP contribution in [-0.4, -0.2) is 25.5 Å². The van der Waals surface area contributed by atoms with Crippen molar-refractivity contribution in [3.63, 3.8) is 0 Å². The van der Waals surface area contributed by atoms with Crippen molar-refractivity contribution in [3.8, 4) is 0 Å². The summed E-state index contributed by atoms with van der Waals surface area (Å²) in [7, 11) is 0. The fraction of sp³-hybridized carbons (Fsp3) is 0.462. The Kier molecular flexibility index (Phi) is 3.64. The van der Waals surface area contributed by atoms with Crippen LogP contribution in [-0.2, 0) is 11.3 Å². The smallest absolute Gasteiger partial charge is 0.239 e. The van der Waals surface area contributed by atoms with Gasteiger partial charge in [-0.1, -0.05) is 12.1 Å². The Morgan fingerprint density at radius 3 is 3.06 bits per heavy atom. The third-order valence-corrected chi connectivity index (χ3v) is 3.06. The number of amides is 1. The van der Waals surface area contributed by atoms with Crippen molar-refractivity contribution in [1.29, 1.82) is 0 Å². The Labute approximate surface area is 102 Å². The van der Waals surface area contributed by atoms with Crippen LogP contribution in [0.15, 0.2) is 18.2 Å². The van der Waals surface area contributed by atoms with Crippen molar-refractivity contribution in [2.75, 3.05) is 24.5 Å². The molecule has 1 aromatic rings. The normalized spacial score (nSPS) is 16.6. The van der Waals surface area contributed by atoms with E-state index in [0.717, 1.165) is 30.8 Å². The monoisotopic (exact) mass is 233 g/mol. The van der Waals surface area contributed by atoms with Gasteiger partial charge in [-0.25, -0.2) is 0 Å². The molecule has 0 spiro atoms. The Balaban J connectivity index is 2.30. The fourth-order valence-corrected chi connectivity index (χ4v) is 2.15. The molecule has 17 heavy (non-hydrogen) atoms. The Morgan fingerprint density at radius 1 is 1.47 bits per heavy atom. The quantitative estimate of drug-likeness (QED) is 0.793. The molecule has 1 aromatic carbocycles. The third-order valence-electron chi connectivity index (χ3n) is 3.06. The first kappa shape index (κ1) is 11.9. The highest BCUT2D eigenvalue weighted by Gasteiger charge is 2.17. The maximum Gasteiger partial charge on any atom is 0.239 e. The molecule has 1 fully saturated rings. The van der Waals surface area contributed by atoms with Gasteiger partial charge in [0.05, 0.1) is 6.54 Å². The number of aryl methyl sites for hydroxylation is 1. The van der Waals surface area contributed by atoms with Crippen molar-refractivity contribution in [2.24, 2.45) is 5.73 Å². The lowest BCUT2D eigenvalue weighted by Crippen LogP contribution is -2.33. The first-order valence-electron chi connectivity index (χ1n) is 6.02. The van der Waals surface area contributed by atoms with Gasteiger partial charge in [0.1, 0.15) is 0 Å². The molecule has 0 bridgehead atoms. The van der Waals surface area contributed by atoms with Gasteiger partial charge in [-0.15, -0.1) is 0 Å². The van der Waals surface area contributed by atoms with E-state index >= 15 is 0 Å². The maximum atomic E-state index is 11.6. The number of rotatable bonds is 2. The summed E-state index contributed by atoms with van der Waals surface area (Å²) in [6, 6.07) is 6.22. The Hall–Kier alpha value is -1.55. The van der Waals surface area contributed by atoms with Gasteiger partial charge in [0.25, 0.3) is 0 Å². The van der Waals surface area contributed by atoms with Gasteiger partial charge in [0, 0.05) is 25.3 Å². The first-order valence-corrected chi connectivity index (χ1v) is 6.02. The van der Waals surface area contributed by atoms with E-state index in [4.69, 9.17) is 5.73 Å². The summed E-state index contributed by atoms with van der Waals surface area (Å²) in [6.45, 7) is 4.65.